The van der Waals surface area contributed by atoms with Gasteiger partial charge in [0.05, 0.1) is 5.54 Å². The summed E-state index contributed by atoms with van der Waals surface area (Å²) in [4.78, 5) is 8.53. The van der Waals surface area contributed by atoms with Crippen molar-refractivity contribution in [3.05, 3.63) is 184 Å². The molecule has 2 unspecified atom stereocenters. The maximum Gasteiger partial charge on any atom is 0.252 e. The van der Waals surface area contributed by atoms with Crippen LogP contribution in [0.15, 0.2) is 133 Å². The van der Waals surface area contributed by atoms with Gasteiger partial charge in [0.15, 0.2) is 0 Å². The zero-order chi connectivity index (χ0) is 62.4. The van der Waals surface area contributed by atoms with Crippen LogP contribution in [0.2, 0.25) is 0 Å². The van der Waals surface area contributed by atoms with Crippen LogP contribution < -0.4 is 31.1 Å². The number of anilines is 8. The Morgan fingerprint density at radius 2 is 0.921 bits per heavy atom. The lowest BCUT2D eigenvalue weighted by Crippen LogP contribution is -2.62. The quantitative estimate of drug-likeness (QED) is 0.163. The van der Waals surface area contributed by atoms with Crippen LogP contribution in [0, 0.1) is 6.92 Å². The van der Waals surface area contributed by atoms with E-state index < -0.39 is 0 Å². The third kappa shape index (κ3) is 8.07. The van der Waals surface area contributed by atoms with Crippen molar-refractivity contribution in [3.63, 3.8) is 0 Å². The van der Waals surface area contributed by atoms with Crippen LogP contribution in [0.25, 0.3) is 31.3 Å². The van der Waals surface area contributed by atoms with E-state index in [1.807, 2.05) is 11.3 Å². The minimum Gasteiger partial charge on any atom is -0.334 e. The predicted molar refractivity (Wildman–Crippen MR) is 386 cm³/mol. The molecule has 454 valence electrons. The lowest BCUT2D eigenvalue weighted by Gasteiger charge is -2.52. The number of hydrogen-bond donors (Lipinski definition) is 0. The van der Waals surface area contributed by atoms with Crippen molar-refractivity contribution in [1.29, 1.82) is 0 Å². The lowest BCUT2D eigenvalue weighted by atomic mass is 9.32. The van der Waals surface area contributed by atoms with Crippen molar-refractivity contribution in [2.75, 3.05) is 14.7 Å². The number of rotatable bonds is 4. The molecule has 89 heavy (non-hydrogen) atoms. The molecule has 3 nitrogen and oxygen atoms in total. The summed E-state index contributed by atoms with van der Waals surface area (Å²) >= 11 is 1.92. The van der Waals surface area contributed by atoms with Crippen molar-refractivity contribution in [3.8, 4) is 11.1 Å². The molecule has 16 rings (SSSR count). The number of benzene rings is 8. The average Bonchev–Trinajstić information content (AvgIpc) is 1.26. The Bertz CT molecular complexity index is 4540. The highest BCUT2D eigenvalue weighted by Crippen LogP contribution is 2.64. The van der Waals surface area contributed by atoms with E-state index in [1.54, 1.807) is 0 Å². The van der Waals surface area contributed by atoms with Gasteiger partial charge in [0.1, 0.15) is 0 Å². The maximum absolute atomic E-state index is 2.90. The predicted octanol–water partition coefficient (Wildman–Crippen LogP) is 21.8. The SMILES string of the molecule is Cc1cc2c(cc1N1c3cc4c(cc3B3c5cc6c(cc5N(c5ccc7sc8ccccc8c7c5)c5cc(N7c8ccc(-c9ccc(C(C)(C)C)cc9)cc8C8(C)CCCCC78C)cc1c53)C(C)(C)CCC6(C)C)C(C)(C)CCC4(C)C)C(C)(C)CC2(C)C. The Labute approximate surface area is 537 Å². The molecule has 0 N–H and O–H groups in total. The molecule has 1 saturated carbocycles. The highest BCUT2D eigenvalue weighted by Gasteiger charge is 2.59. The fraction of sp³-hybridized carbons (Fsp3) is 0.429. The monoisotopic (exact) mass is 1190 g/mol. The molecule has 9 aromatic rings. The highest BCUT2D eigenvalue weighted by atomic mass is 32.1. The second kappa shape index (κ2) is 18.4. The van der Waals surface area contributed by atoms with Gasteiger partial charge in [0.25, 0.3) is 6.71 Å². The molecule has 0 amide bonds. The van der Waals surface area contributed by atoms with E-state index in [0.29, 0.717) is 0 Å². The first kappa shape index (κ1) is 57.6. The number of fused-ring (bicyclic) bond motifs is 13. The molecule has 8 aromatic carbocycles. The van der Waals surface area contributed by atoms with Gasteiger partial charge in [-0.1, -0.05) is 190 Å². The van der Waals surface area contributed by atoms with E-state index in [0.717, 1.165) is 32.1 Å². The van der Waals surface area contributed by atoms with Crippen molar-refractivity contribution in [2.24, 2.45) is 0 Å². The second-order valence-electron chi connectivity index (χ2n) is 34.6. The summed E-state index contributed by atoms with van der Waals surface area (Å²) in [6.07, 6.45) is 10.5. The van der Waals surface area contributed by atoms with E-state index in [2.05, 4.69) is 273 Å². The molecule has 0 spiro atoms. The largest absolute Gasteiger partial charge is 0.334 e. The third-order valence-electron chi connectivity index (χ3n) is 25.0. The molecule has 7 aliphatic rings. The van der Waals surface area contributed by atoms with Gasteiger partial charge in [0.2, 0.25) is 0 Å². The van der Waals surface area contributed by atoms with Crippen molar-refractivity contribution in [2.45, 2.75) is 231 Å². The van der Waals surface area contributed by atoms with Gasteiger partial charge in [-0.05, 0) is 241 Å². The van der Waals surface area contributed by atoms with Crippen LogP contribution in [0.5, 0.6) is 0 Å². The van der Waals surface area contributed by atoms with E-state index in [9.17, 15) is 0 Å². The lowest BCUT2D eigenvalue weighted by molar-refractivity contribution is 0.195. The molecule has 2 atom stereocenters. The molecule has 4 aliphatic carbocycles. The number of hydrogen-bond acceptors (Lipinski definition) is 4. The molecule has 4 heterocycles. The summed E-state index contributed by atoms with van der Waals surface area (Å²) in [5, 5.41) is 2.67. The van der Waals surface area contributed by atoms with E-state index in [1.165, 1.54) is 169 Å². The Morgan fingerprint density at radius 1 is 0.404 bits per heavy atom. The first-order valence-electron chi connectivity index (χ1n) is 34.1. The van der Waals surface area contributed by atoms with Crippen LogP contribution in [0.1, 0.15) is 226 Å². The van der Waals surface area contributed by atoms with Gasteiger partial charge in [-0.15, -0.1) is 11.3 Å². The van der Waals surface area contributed by atoms with Crippen molar-refractivity contribution < 1.29 is 0 Å². The summed E-state index contributed by atoms with van der Waals surface area (Å²) in [5.74, 6) is 0. The maximum atomic E-state index is 2.90. The molecule has 1 fully saturated rings. The number of thiophene rings is 1. The summed E-state index contributed by atoms with van der Waals surface area (Å²) in [7, 11) is 0. The van der Waals surface area contributed by atoms with Crippen LogP contribution in [-0.4, -0.2) is 12.3 Å². The Morgan fingerprint density at radius 3 is 1.54 bits per heavy atom. The zero-order valence-corrected chi connectivity index (χ0v) is 57.7. The minimum atomic E-state index is -0.200. The Balaban J connectivity index is 1.05. The number of nitrogens with zero attached hydrogens (tertiary/aromatic N) is 3. The standard InChI is InChI=1S/C84H94BN3S/c1-50-39-58-63(82(15,16)49-81(58,13)14)46-68(50)87-70-48-62-60(78(7,8)36-38-80(62,11)12)45-66(70)85-65-44-59-61(79(9,10)37-35-77(59,5)6)47-69(65)86(54-30-32-74-57(41-54)56-23-19-20-24-73(56)89-74)71-42-55(43-72(87)75(71)85)88-67-31-27-52(51-25-28-53(29-26-51)76(2,3)4)40-64(67)83(17)33-21-22-34-84(83,88)18/h19-20,23-32,39-48H,21-22,33-38,49H2,1-18H3. The molecular weight excluding hydrogens is 1090 g/mol. The molecule has 1 aromatic heterocycles. The molecule has 0 radical (unpaired) electrons. The number of aryl methyl sites for hydroxylation is 1. The fourth-order valence-electron chi connectivity index (χ4n) is 19.5. The van der Waals surface area contributed by atoms with Crippen LogP contribution in [0.3, 0.4) is 0 Å². The van der Waals surface area contributed by atoms with Crippen LogP contribution in [-0.2, 0) is 43.3 Å². The molecule has 5 heteroatoms. The normalized spacial score (nSPS) is 23.3. The average molecular weight is 1190 g/mol. The zero-order valence-electron chi connectivity index (χ0n) is 56.9. The first-order valence-corrected chi connectivity index (χ1v) is 34.9. The van der Waals surface area contributed by atoms with Gasteiger partial charge < -0.3 is 14.7 Å². The second-order valence-corrected chi connectivity index (χ2v) is 35.6. The van der Waals surface area contributed by atoms with Crippen LogP contribution in [0.4, 0.5) is 45.5 Å². The van der Waals surface area contributed by atoms with E-state index in [4.69, 9.17) is 0 Å². The molecule has 0 bridgehead atoms. The molecular formula is C84H94BN3S. The van der Waals surface area contributed by atoms with Gasteiger partial charge in [-0.3, -0.25) is 0 Å². The Kier molecular flexibility index (Phi) is 11.9. The molecule has 3 aliphatic heterocycles. The smallest absolute Gasteiger partial charge is 0.252 e. The highest BCUT2D eigenvalue weighted by molar-refractivity contribution is 7.25. The summed E-state index contributed by atoms with van der Waals surface area (Å²) in [6.45, 7) is 44.9. The van der Waals surface area contributed by atoms with Crippen molar-refractivity contribution in [1.82, 2.24) is 0 Å². The minimum absolute atomic E-state index is 0.00250. The summed E-state index contributed by atoms with van der Waals surface area (Å²) in [6, 6.07) is 55.4. The Hall–Kier alpha value is -6.56. The topological polar surface area (TPSA) is 9.72 Å². The van der Waals surface area contributed by atoms with Gasteiger partial charge in [-0.25, -0.2) is 0 Å². The van der Waals surface area contributed by atoms with Crippen molar-refractivity contribution >= 4 is 100 Å². The third-order valence-corrected chi connectivity index (χ3v) is 26.1. The van der Waals surface area contributed by atoms with Crippen LogP contribution >= 0.6 is 11.3 Å². The first-order chi connectivity index (χ1) is 41.8. The van der Waals surface area contributed by atoms with Gasteiger partial charge >= 0.3 is 0 Å². The summed E-state index contributed by atoms with van der Waals surface area (Å²) in [5.41, 5.74) is 30.7. The van der Waals surface area contributed by atoms with Gasteiger partial charge in [0, 0.05) is 71.1 Å². The molecule has 0 saturated heterocycles. The summed E-state index contributed by atoms with van der Waals surface area (Å²) < 4.78 is 2.68. The van der Waals surface area contributed by atoms with Gasteiger partial charge in [-0.2, -0.15) is 0 Å². The fourth-order valence-corrected chi connectivity index (χ4v) is 20.5. The van der Waals surface area contributed by atoms with E-state index in [-0.39, 0.29) is 55.6 Å². The van der Waals surface area contributed by atoms with E-state index >= 15 is 0 Å².